The third kappa shape index (κ3) is 3.81. The van der Waals surface area contributed by atoms with Gasteiger partial charge in [0, 0.05) is 22.2 Å². The fourth-order valence-electron chi connectivity index (χ4n) is 1.18. The molecule has 1 aromatic rings. The summed E-state index contributed by atoms with van der Waals surface area (Å²) in [6.07, 6.45) is 2.36. The Morgan fingerprint density at radius 1 is 1.59 bits per heavy atom. The topological polar surface area (TPSA) is 72.2 Å². The zero-order valence-electron chi connectivity index (χ0n) is 8.98. The van der Waals surface area contributed by atoms with Crippen LogP contribution in [0.25, 0.3) is 0 Å². The second-order valence-electron chi connectivity index (χ2n) is 3.25. The lowest BCUT2D eigenvalue weighted by molar-refractivity contribution is -0.384. The molecule has 0 aliphatic heterocycles. The van der Waals surface area contributed by atoms with E-state index in [9.17, 15) is 14.9 Å². The van der Waals surface area contributed by atoms with Crippen molar-refractivity contribution in [2.75, 3.05) is 6.54 Å². The molecule has 0 spiro atoms. The van der Waals surface area contributed by atoms with Crippen LogP contribution >= 0.6 is 22.6 Å². The molecule has 1 aromatic carbocycles. The van der Waals surface area contributed by atoms with E-state index in [4.69, 9.17) is 0 Å². The molecule has 0 unspecified atom stereocenters. The van der Waals surface area contributed by atoms with Crippen LogP contribution in [0.5, 0.6) is 0 Å². The largest absolute Gasteiger partial charge is 0.352 e. The second-order valence-corrected chi connectivity index (χ2v) is 4.42. The first-order valence-electron chi connectivity index (χ1n) is 4.89. The Labute approximate surface area is 112 Å². The van der Waals surface area contributed by atoms with Crippen LogP contribution in [-0.2, 0) is 0 Å². The predicted octanol–water partition coefficient (Wildman–Crippen LogP) is 2.51. The van der Waals surface area contributed by atoms with E-state index in [2.05, 4.69) is 11.9 Å². The normalized spacial score (nSPS) is 9.71. The van der Waals surface area contributed by atoms with Gasteiger partial charge in [0.1, 0.15) is 0 Å². The maximum atomic E-state index is 11.7. The SMILES string of the molecule is C=CCCNC(=O)c1cc([N+](=O)[O-])ccc1I. The highest BCUT2D eigenvalue weighted by Crippen LogP contribution is 2.19. The molecule has 0 heterocycles. The van der Waals surface area contributed by atoms with Crippen LogP contribution in [0.1, 0.15) is 16.8 Å². The zero-order valence-corrected chi connectivity index (χ0v) is 11.1. The minimum Gasteiger partial charge on any atom is -0.352 e. The number of hydrogen-bond donors (Lipinski definition) is 1. The quantitative estimate of drug-likeness (QED) is 0.293. The molecule has 0 fully saturated rings. The van der Waals surface area contributed by atoms with Gasteiger partial charge in [0.2, 0.25) is 0 Å². The number of halogens is 1. The Morgan fingerprint density at radius 3 is 2.88 bits per heavy atom. The molecule has 6 heteroatoms. The summed E-state index contributed by atoms with van der Waals surface area (Å²) >= 11 is 1.97. The number of benzene rings is 1. The van der Waals surface area contributed by atoms with Crippen molar-refractivity contribution in [3.05, 3.63) is 50.1 Å². The average Bonchev–Trinajstić information content (AvgIpc) is 2.29. The molecule has 5 nitrogen and oxygen atoms in total. The van der Waals surface area contributed by atoms with E-state index >= 15 is 0 Å². The second kappa shape index (κ2) is 6.33. The van der Waals surface area contributed by atoms with Gasteiger partial charge in [-0.2, -0.15) is 0 Å². The van der Waals surface area contributed by atoms with Crippen LogP contribution < -0.4 is 5.32 Å². The molecular weight excluding hydrogens is 335 g/mol. The fourth-order valence-corrected chi connectivity index (χ4v) is 1.76. The Bertz CT molecular complexity index is 460. The van der Waals surface area contributed by atoms with E-state index in [0.717, 1.165) is 0 Å². The summed E-state index contributed by atoms with van der Waals surface area (Å²) in [5.74, 6) is -0.306. The van der Waals surface area contributed by atoms with Gasteiger partial charge in [0.05, 0.1) is 10.5 Å². The van der Waals surface area contributed by atoms with Crippen LogP contribution in [0, 0.1) is 13.7 Å². The number of rotatable bonds is 5. The Hall–Kier alpha value is -1.44. The molecular formula is C11H11IN2O3. The lowest BCUT2D eigenvalue weighted by Gasteiger charge is -2.05. The molecule has 0 atom stereocenters. The third-order valence-electron chi connectivity index (χ3n) is 2.04. The van der Waals surface area contributed by atoms with E-state index < -0.39 is 4.92 Å². The van der Waals surface area contributed by atoms with E-state index in [-0.39, 0.29) is 11.6 Å². The molecule has 17 heavy (non-hydrogen) atoms. The first-order valence-corrected chi connectivity index (χ1v) is 5.97. The highest BCUT2D eigenvalue weighted by Gasteiger charge is 2.14. The summed E-state index contributed by atoms with van der Waals surface area (Å²) in [6, 6.07) is 4.22. The molecule has 0 aliphatic rings. The van der Waals surface area contributed by atoms with Gasteiger partial charge in [0.15, 0.2) is 0 Å². The zero-order chi connectivity index (χ0) is 12.8. The van der Waals surface area contributed by atoms with E-state index in [0.29, 0.717) is 22.1 Å². The van der Waals surface area contributed by atoms with Crippen molar-refractivity contribution in [2.45, 2.75) is 6.42 Å². The summed E-state index contributed by atoms with van der Waals surface area (Å²) < 4.78 is 0.685. The molecule has 1 rings (SSSR count). The van der Waals surface area contributed by atoms with Gasteiger partial charge >= 0.3 is 0 Å². The Kier molecular flexibility index (Phi) is 5.08. The van der Waals surface area contributed by atoms with Crippen molar-refractivity contribution in [1.82, 2.24) is 5.32 Å². The van der Waals surface area contributed by atoms with Crippen molar-refractivity contribution in [3.63, 3.8) is 0 Å². The van der Waals surface area contributed by atoms with Crippen molar-refractivity contribution in [3.8, 4) is 0 Å². The number of nitrogens with one attached hydrogen (secondary N) is 1. The van der Waals surface area contributed by atoms with Crippen molar-refractivity contribution >= 4 is 34.2 Å². The number of hydrogen-bond acceptors (Lipinski definition) is 3. The minimum absolute atomic E-state index is 0.0840. The van der Waals surface area contributed by atoms with Crippen LogP contribution in [0.3, 0.4) is 0 Å². The van der Waals surface area contributed by atoms with Gasteiger partial charge in [0.25, 0.3) is 11.6 Å². The molecule has 0 saturated carbocycles. The van der Waals surface area contributed by atoms with Gasteiger partial charge < -0.3 is 5.32 Å². The summed E-state index contributed by atoms with van der Waals surface area (Å²) in [4.78, 5) is 21.8. The molecule has 0 saturated heterocycles. The van der Waals surface area contributed by atoms with Crippen molar-refractivity contribution in [2.24, 2.45) is 0 Å². The number of amides is 1. The van der Waals surface area contributed by atoms with Gasteiger partial charge in [-0.1, -0.05) is 6.08 Å². The number of carbonyl (C=O) groups excluding carboxylic acids is 1. The summed E-state index contributed by atoms with van der Waals surface area (Å²) in [5.41, 5.74) is 0.239. The highest BCUT2D eigenvalue weighted by molar-refractivity contribution is 14.1. The summed E-state index contributed by atoms with van der Waals surface area (Å²) in [7, 11) is 0. The summed E-state index contributed by atoms with van der Waals surface area (Å²) in [6.45, 7) is 4.02. The van der Waals surface area contributed by atoms with Crippen LogP contribution in [0.4, 0.5) is 5.69 Å². The first kappa shape index (κ1) is 13.6. The maximum Gasteiger partial charge on any atom is 0.270 e. The molecule has 0 radical (unpaired) electrons. The van der Waals surface area contributed by atoms with Crippen LogP contribution in [0.2, 0.25) is 0 Å². The standard InChI is InChI=1S/C11H11IN2O3/c1-2-3-6-13-11(15)9-7-8(14(16)17)4-5-10(9)12/h2,4-5,7H,1,3,6H2,(H,13,15). The summed E-state index contributed by atoms with van der Waals surface area (Å²) in [5, 5.41) is 13.3. The highest BCUT2D eigenvalue weighted by atomic mass is 127. The molecule has 0 bridgehead atoms. The van der Waals surface area contributed by atoms with E-state index in [1.807, 2.05) is 22.6 Å². The number of nitro benzene ring substituents is 1. The fraction of sp³-hybridized carbons (Fsp3) is 0.182. The number of non-ortho nitro benzene ring substituents is 1. The lowest BCUT2D eigenvalue weighted by Crippen LogP contribution is -2.25. The molecule has 1 N–H and O–H groups in total. The van der Waals surface area contributed by atoms with Gasteiger partial charge in [-0.25, -0.2) is 0 Å². The minimum atomic E-state index is -0.517. The van der Waals surface area contributed by atoms with E-state index in [1.54, 1.807) is 12.1 Å². The van der Waals surface area contributed by atoms with Crippen LogP contribution in [0.15, 0.2) is 30.9 Å². The number of nitrogens with zero attached hydrogens (tertiary/aromatic N) is 1. The Balaban J connectivity index is 2.88. The maximum absolute atomic E-state index is 11.7. The molecule has 0 aliphatic carbocycles. The van der Waals surface area contributed by atoms with Gasteiger partial charge in [-0.15, -0.1) is 6.58 Å². The van der Waals surface area contributed by atoms with Crippen molar-refractivity contribution < 1.29 is 9.72 Å². The van der Waals surface area contributed by atoms with E-state index in [1.165, 1.54) is 12.1 Å². The van der Waals surface area contributed by atoms with Crippen LogP contribution in [-0.4, -0.2) is 17.4 Å². The third-order valence-corrected chi connectivity index (χ3v) is 2.98. The molecule has 1 amide bonds. The molecule has 90 valence electrons. The van der Waals surface area contributed by atoms with Crippen molar-refractivity contribution in [1.29, 1.82) is 0 Å². The monoisotopic (exact) mass is 346 g/mol. The number of carbonyl (C=O) groups is 1. The smallest absolute Gasteiger partial charge is 0.270 e. The molecule has 0 aromatic heterocycles. The first-order chi connectivity index (χ1) is 8.06. The lowest BCUT2D eigenvalue weighted by atomic mass is 10.2. The van der Waals surface area contributed by atoms with Gasteiger partial charge in [-0.3, -0.25) is 14.9 Å². The van der Waals surface area contributed by atoms with Gasteiger partial charge in [-0.05, 0) is 35.1 Å². The predicted molar refractivity (Wildman–Crippen MR) is 73.0 cm³/mol. The average molecular weight is 346 g/mol. The Morgan fingerprint density at radius 2 is 2.29 bits per heavy atom. The number of nitro groups is 1.